The predicted octanol–water partition coefficient (Wildman–Crippen LogP) is 5.28. The van der Waals surface area contributed by atoms with E-state index in [1.54, 1.807) is 0 Å². The smallest absolute Gasteiger partial charge is 0.396 e. The Balaban J connectivity index is 1.67. The first-order chi connectivity index (χ1) is 20.9. The molecule has 4 rings (SSSR count). The van der Waals surface area contributed by atoms with E-state index in [0.717, 1.165) is 23.3 Å². The summed E-state index contributed by atoms with van der Waals surface area (Å²) in [5.74, 6) is -2.44. The number of aliphatic hydroxyl groups is 1. The quantitative estimate of drug-likeness (QED) is 0.303. The lowest BCUT2D eigenvalue weighted by atomic mass is 9.91. The van der Waals surface area contributed by atoms with E-state index < -0.39 is 70.3 Å². The van der Waals surface area contributed by atoms with Gasteiger partial charge in [0.15, 0.2) is 9.84 Å². The van der Waals surface area contributed by atoms with Gasteiger partial charge in [0, 0.05) is 24.1 Å². The molecule has 2 N–H and O–H groups in total. The molecular formula is C30H28F6N2O6S. The van der Waals surface area contributed by atoms with Crippen molar-refractivity contribution in [3.63, 3.8) is 0 Å². The Morgan fingerprint density at radius 1 is 0.978 bits per heavy atom. The average molecular weight is 659 g/mol. The van der Waals surface area contributed by atoms with Crippen molar-refractivity contribution in [1.82, 2.24) is 4.90 Å². The van der Waals surface area contributed by atoms with Crippen LogP contribution in [-0.4, -0.2) is 55.5 Å². The Morgan fingerprint density at radius 3 is 2.11 bits per heavy atom. The summed E-state index contributed by atoms with van der Waals surface area (Å²) < 4.78 is 114. The first kappa shape index (κ1) is 33.9. The van der Waals surface area contributed by atoms with Crippen LogP contribution >= 0.6 is 0 Å². The molecule has 1 heterocycles. The molecule has 15 heteroatoms. The number of sulfone groups is 1. The zero-order valence-corrected chi connectivity index (χ0v) is 24.6. The van der Waals surface area contributed by atoms with Crippen molar-refractivity contribution in [1.29, 1.82) is 0 Å². The van der Waals surface area contributed by atoms with E-state index in [1.165, 1.54) is 55.5 Å². The summed E-state index contributed by atoms with van der Waals surface area (Å²) in [6, 6.07) is 12.4. The Labute approximate surface area is 254 Å². The Hall–Kier alpha value is -3.95. The highest BCUT2D eigenvalue weighted by atomic mass is 32.2. The molecule has 0 saturated heterocycles. The van der Waals surface area contributed by atoms with E-state index in [4.69, 9.17) is 0 Å². The molecule has 0 radical (unpaired) electrons. The van der Waals surface area contributed by atoms with Crippen molar-refractivity contribution in [2.24, 2.45) is 5.92 Å². The molecule has 0 bridgehead atoms. The van der Waals surface area contributed by atoms with Crippen LogP contribution in [0.2, 0.25) is 0 Å². The standard InChI is InChI=1S/C30H28F6N2O6S/c1-18(16-39)27(41)38-15-20-14-23(45(2,42)43)12-13-24(20)25(38)26(40)37-22-10-8-21(9-11-22)28(29(31,32)33,30(34,35)36)44-17-19-6-4-3-5-7-19/h3-14,18,25,39H,15-17H2,1-2H3,(H,37,40). The van der Waals surface area contributed by atoms with Gasteiger partial charge >= 0.3 is 12.4 Å². The fourth-order valence-corrected chi connectivity index (χ4v) is 5.68. The lowest BCUT2D eigenvalue weighted by molar-refractivity contribution is -0.392. The molecule has 3 aromatic rings. The van der Waals surface area contributed by atoms with E-state index in [9.17, 15) is 49.5 Å². The van der Waals surface area contributed by atoms with E-state index in [-0.39, 0.29) is 28.3 Å². The maximum atomic E-state index is 14.2. The molecule has 2 unspecified atom stereocenters. The number of halogens is 6. The molecule has 0 aromatic heterocycles. The zero-order chi connectivity index (χ0) is 33.4. The lowest BCUT2D eigenvalue weighted by Crippen LogP contribution is -2.55. The molecule has 0 saturated carbocycles. The number of alkyl halides is 6. The number of amides is 2. The van der Waals surface area contributed by atoms with Crippen LogP contribution in [0.5, 0.6) is 0 Å². The second-order valence-corrected chi connectivity index (χ2v) is 12.6. The summed E-state index contributed by atoms with van der Waals surface area (Å²) in [7, 11) is -3.64. The minimum absolute atomic E-state index is 0.0622. The Morgan fingerprint density at radius 2 is 1.58 bits per heavy atom. The fraction of sp³-hybridized carbons (Fsp3) is 0.333. The zero-order valence-electron chi connectivity index (χ0n) is 23.8. The van der Waals surface area contributed by atoms with E-state index in [1.807, 2.05) is 0 Å². The maximum absolute atomic E-state index is 14.2. The summed E-state index contributed by atoms with van der Waals surface area (Å²) >= 11 is 0. The molecule has 1 aliphatic heterocycles. The third-order valence-corrected chi connectivity index (χ3v) is 8.48. The molecular weight excluding hydrogens is 630 g/mol. The Kier molecular flexibility index (Phi) is 9.39. The van der Waals surface area contributed by atoms with Crippen LogP contribution in [0.15, 0.2) is 77.7 Å². The molecule has 8 nitrogen and oxygen atoms in total. The number of carbonyl (C=O) groups excluding carboxylic acids is 2. The van der Waals surface area contributed by atoms with Crippen LogP contribution in [0.1, 0.15) is 35.2 Å². The number of hydrogen-bond acceptors (Lipinski definition) is 6. The minimum Gasteiger partial charge on any atom is -0.396 e. The van der Waals surface area contributed by atoms with Crippen LogP contribution in [0, 0.1) is 5.92 Å². The van der Waals surface area contributed by atoms with Gasteiger partial charge < -0.3 is 20.1 Å². The van der Waals surface area contributed by atoms with Crippen molar-refractivity contribution < 1.29 is 54.2 Å². The van der Waals surface area contributed by atoms with Gasteiger partial charge in [0.25, 0.3) is 11.5 Å². The van der Waals surface area contributed by atoms with Gasteiger partial charge in [-0.1, -0.05) is 55.5 Å². The van der Waals surface area contributed by atoms with Crippen molar-refractivity contribution in [3.05, 3.63) is 95.1 Å². The van der Waals surface area contributed by atoms with Gasteiger partial charge in [-0.25, -0.2) is 8.42 Å². The lowest BCUT2D eigenvalue weighted by Gasteiger charge is -2.37. The first-order valence-electron chi connectivity index (χ1n) is 13.4. The largest absolute Gasteiger partial charge is 0.430 e. The molecule has 3 aromatic carbocycles. The first-order valence-corrected chi connectivity index (χ1v) is 15.3. The highest BCUT2D eigenvalue weighted by Crippen LogP contribution is 2.53. The van der Waals surface area contributed by atoms with Crippen LogP contribution < -0.4 is 5.32 Å². The number of ether oxygens (including phenoxy) is 1. The van der Waals surface area contributed by atoms with E-state index >= 15 is 0 Å². The number of fused-ring (bicyclic) bond motifs is 1. The number of rotatable bonds is 9. The molecule has 0 spiro atoms. The number of carbonyl (C=O) groups is 2. The topological polar surface area (TPSA) is 113 Å². The van der Waals surface area contributed by atoms with Crippen molar-refractivity contribution in [2.45, 2.75) is 49.0 Å². The normalized spacial score (nSPS) is 16.3. The second-order valence-electron chi connectivity index (χ2n) is 10.6. The van der Waals surface area contributed by atoms with Crippen molar-refractivity contribution in [2.75, 3.05) is 18.2 Å². The van der Waals surface area contributed by atoms with Gasteiger partial charge in [-0.15, -0.1) is 0 Å². The molecule has 0 aliphatic carbocycles. The third-order valence-electron chi connectivity index (χ3n) is 7.37. The van der Waals surface area contributed by atoms with Crippen molar-refractivity contribution >= 4 is 27.3 Å². The van der Waals surface area contributed by atoms with Gasteiger partial charge in [-0.2, -0.15) is 26.3 Å². The molecule has 45 heavy (non-hydrogen) atoms. The fourth-order valence-electron chi connectivity index (χ4n) is 5.01. The number of aliphatic hydroxyl groups excluding tert-OH is 1. The van der Waals surface area contributed by atoms with Gasteiger partial charge in [0.1, 0.15) is 6.04 Å². The van der Waals surface area contributed by atoms with Gasteiger partial charge in [-0.05, 0) is 41.0 Å². The summed E-state index contributed by atoms with van der Waals surface area (Å²) in [5.41, 5.74) is -5.48. The number of hydrogen-bond donors (Lipinski definition) is 2. The summed E-state index contributed by atoms with van der Waals surface area (Å²) in [5, 5.41) is 11.9. The predicted molar refractivity (Wildman–Crippen MR) is 149 cm³/mol. The highest BCUT2D eigenvalue weighted by molar-refractivity contribution is 7.90. The Bertz CT molecular complexity index is 1650. The molecule has 242 valence electrons. The second kappa shape index (κ2) is 12.4. The number of benzene rings is 3. The summed E-state index contributed by atoms with van der Waals surface area (Å²) in [4.78, 5) is 27.6. The SMILES string of the molecule is CC(CO)C(=O)N1Cc2cc(S(C)(=O)=O)ccc2C1C(=O)Nc1ccc(C(OCc2ccccc2)(C(F)(F)F)C(F)(F)F)cc1. The number of nitrogens with zero attached hydrogens (tertiary/aromatic N) is 1. The van der Waals surface area contributed by atoms with Gasteiger partial charge in [0.2, 0.25) is 5.91 Å². The van der Waals surface area contributed by atoms with Crippen LogP contribution in [0.3, 0.4) is 0 Å². The van der Waals surface area contributed by atoms with Crippen LogP contribution in [0.25, 0.3) is 0 Å². The molecule has 2 amide bonds. The molecule has 0 fully saturated rings. The van der Waals surface area contributed by atoms with Gasteiger partial charge in [-0.3, -0.25) is 9.59 Å². The van der Waals surface area contributed by atoms with Crippen molar-refractivity contribution in [3.8, 4) is 0 Å². The number of nitrogens with one attached hydrogen (secondary N) is 1. The molecule has 2 atom stereocenters. The summed E-state index contributed by atoms with van der Waals surface area (Å²) in [6.45, 7) is -0.328. The number of anilines is 1. The summed E-state index contributed by atoms with van der Waals surface area (Å²) in [6.07, 6.45) is -10.9. The van der Waals surface area contributed by atoms with Crippen LogP contribution in [0.4, 0.5) is 32.0 Å². The minimum atomic E-state index is -5.92. The van der Waals surface area contributed by atoms with E-state index in [0.29, 0.717) is 17.7 Å². The van der Waals surface area contributed by atoms with Gasteiger partial charge in [0.05, 0.1) is 24.0 Å². The highest BCUT2D eigenvalue weighted by Gasteiger charge is 2.73. The monoisotopic (exact) mass is 658 g/mol. The maximum Gasteiger partial charge on any atom is 0.430 e. The third kappa shape index (κ3) is 6.70. The average Bonchev–Trinajstić information content (AvgIpc) is 3.35. The van der Waals surface area contributed by atoms with Crippen LogP contribution in [-0.2, 0) is 42.9 Å². The molecule has 1 aliphatic rings. The van der Waals surface area contributed by atoms with E-state index in [2.05, 4.69) is 10.1 Å².